The molecule has 0 aromatic carbocycles. The number of nitrogens with zero attached hydrogens (tertiary/aromatic N) is 2. The highest BCUT2D eigenvalue weighted by Crippen LogP contribution is 2.12. The van der Waals surface area contributed by atoms with Crippen LogP contribution in [0.5, 0.6) is 0 Å². The Morgan fingerprint density at radius 3 is 2.59 bits per heavy atom. The molecule has 0 N–H and O–H groups in total. The first kappa shape index (κ1) is 15.3. The summed E-state index contributed by atoms with van der Waals surface area (Å²) in [5, 5.41) is 0. The summed E-state index contributed by atoms with van der Waals surface area (Å²) in [6.45, 7) is 2.62. The van der Waals surface area contributed by atoms with Crippen LogP contribution in [0, 0.1) is 0 Å². The van der Waals surface area contributed by atoms with Crippen molar-refractivity contribution < 1.29 is 17.9 Å². The summed E-state index contributed by atoms with van der Waals surface area (Å²) < 4.78 is 37.2. The summed E-state index contributed by atoms with van der Waals surface area (Å²) in [7, 11) is -0.208. The molecule has 0 amide bonds. The molecule has 17 heavy (non-hydrogen) atoms. The molecule has 0 aromatic rings. The summed E-state index contributed by atoms with van der Waals surface area (Å²) in [5.74, 6) is 0. The highest BCUT2D eigenvalue weighted by Gasteiger charge is 2.29. The lowest BCUT2D eigenvalue weighted by Gasteiger charge is -2.30. The van der Waals surface area contributed by atoms with E-state index in [-0.39, 0.29) is 4.83 Å². The Morgan fingerprint density at radius 1 is 1.47 bits per heavy atom. The zero-order valence-electron chi connectivity index (χ0n) is 10.1. The van der Waals surface area contributed by atoms with Crippen molar-refractivity contribution >= 4 is 26.1 Å². The van der Waals surface area contributed by atoms with E-state index in [0.29, 0.717) is 39.5 Å². The fraction of sp³-hybridized carbons (Fsp3) is 1.00. The van der Waals surface area contributed by atoms with Crippen molar-refractivity contribution in [3.8, 4) is 0 Å². The van der Waals surface area contributed by atoms with E-state index < -0.39 is 10.2 Å². The van der Waals surface area contributed by atoms with Crippen LogP contribution in [0.25, 0.3) is 0 Å². The monoisotopic (exact) mass is 330 g/mol. The highest BCUT2D eigenvalue weighted by atomic mass is 79.9. The molecule has 8 heteroatoms. The molecule has 1 rings (SSSR count). The number of ether oxygens (including phenoxy) is 2. The van der Waals surface area contributed by atoms with E-state index >= 15 is 0 Å². The first-order valence-electron chi connectivity index (χ1n) is 5.40. The fourth-order valence-electron chi connectivity index (χ4n) is 1.58. The molecule has 1 aliphatic rings. The first-order valence-corrected chi connectivity index (χ1v) is 7.72. The normalized spacial score (nSPS) is 20.7. The summed E-state index contributed by atoms with van der Waals surface area (Å²) >= 11 is 3.38. The second kappa shape index (κ2) is 7.01. The molecule has 1 fully saturated rings. The van der Waals surface area contributed by atoms with Gasteiger partial charge in [-0.25, -0.2) is 0 Å². The minimum Gasteiger partial charge on any atom is -0.383 e. The van der Waals surface area contributed by atoms with Gasteiger partial charge in [-0.2, -0.15) is 17.0 Å². The molecule has 102 valence electrons. The van der Waals surface area contributed by atoms with Crippen LogP contribution >= 0.6 is 15.9 Å². The van der Waals surface area contributed by atoms with Crippen LogP contribution in [0.4, 0.5) is 0 Å². The van der Waals surface area contributed by atoms with E-state index in [0.717, 1.165) is 0 Å². The molecule has 0 bridgehead atoms. The van der Waals surface area contributed by atoms with Crippen LogP contribution in [0.3, 0.4) is 0 Å². The second-order valence-corrected chi connectivity index (χ2v) is 7.18. The Hall–Kier alpha value is 0.270. The van der Waals surface area contributed by atoms with Crippen LogP contribution < -0.4 is 0 Å². The van der Waals surface area contributed by atoms with Gasteiger partial charge < -0.3 is 9.47 Å². The van der Waals surface area contributed by atoms with Gasteiger partial charge in [-0.05, 0) is 0 Å². The number of hydrogen-bond acceptors (Lipinski definition) is 4. The van der Waals surface area contributed by atoms with Gasteiger partial charge in [-0.3, -0.25) is 0 Å². The maximum absolute atomic E-state index is 12.2. The summed E-state index contributed by atoms with van der Waals surface area (Å²) in [6, 6.07) is 0. The molecule has 0 aliphatic carbocycles. The Morgan fingerprint density at radius 2 is 2.06 bits per heavy atom. The van der Waals surface area contributed by atoms with E-state index in [1.165, 1.54) is 8.61 Å². The van der Waals surface area contributed by atoms with Gasteiger partial charge in [0.2, 0.25) is 0 Å². The van der Waals surface area contributed by atoms with Crippen molar-refractivity contribution in [2.24, 2.45) is 0 Å². The number of rotatable bonds is 6. The van der Waals surface area contributed by atoms with Gasteiger partial charge in [0, 0.05) is 33.8 Å². The number of halogens is 1. The SMILES string of the molecule is COCC(Br)CN(C)S(=O)(=O)N1CCOCC1. The smallest absolute Gasteiger partial charge is 0.281 e. The van der Waals surface area contributed by atoms with E-state index in [4.69, 9.17) is 9.47 Å². The predicted molar refractivity (Wildman–Crippen MR) is 68.5 cm³/mol. The van der Waals surface area contributed by atoms with E-state index in [1.54, 1.807) is 14.2 Å². The van der Waals surface area contributed by atoms with Crippen molar-refractivity contribution in [2.45, 2.75) is 4.83 Å². The minimum atomic E-state index is -3.37. The van der Waals surface area contributed by atoms with E-state index in [2.05, 4.69) is 15.9 Å². The fourth-order valence-corrected chi connectivity index (χ4v) is 3.84. The van der Waals surface area contributed by atoms with Crippen LogP contribution in [0.2, 0.25) is 0 Å². The number of hydrogen-bond donors (Lipinski definition) is 0. The average molecular weight is 331 g/mol. The predicted octanol–water partition coefficient (Wildman–Crippen LogP) is -0.0949. The third-order valence-electron chi connectivity index (χ3n) is 2.49. The quantitative estimate of drug-likeness (QED) is 0.638. The Bertz CT molecular complexity index is 319. The number of methoxy groups -OCH3 is 1. The van der Waals surface area contributed by atoms with Gasteiger partial charge in [0.15, 0.2) is 0 Å². The molecule has 1 unspecified atom stereocenters. The van der Waals surface area contributed by atoms with Gasteiger partial charge in [0.05, 0.1) is 24.6 Å². The van der Waals surface area contributed by atoms with E-state index in [9.17, 15) is 8.42 Å². The highest BCUT2D eigenvalue weighted by molar-refractivity contribution is 9.09. The zero-order valence-corrected chi connectivity index (χ0v) is 12.5. The standard InChI is InChI=1S/C9H19BrN2O4S/c1-11(7-9(10)8-15-2)17(13,14)12-3-5-16-6-4-12/h9H,3-8H2,1-2H3. The molecule has 6 nitrogen and oxygen atoms in total. The van der Waals surface area contributed by atoms with Gasteiger partial charge in [-0.1, -0.05) is 15.9 Å². The molecular formula is C9H19BrN2O4S. The molecular weight excluding hydrogens is 312 g/mol. The minimum absolute atomic E-state index is 0.00619. The van der Waals surface area contributed by atoms with E-state index in [1.807, 2.05) is 0 Å². The topological polar surface area (TPSA) is 59.1 Å². The average Bonchev–Trinajstić information content (AvgIpc) is 2.30. The zero-order chi connectivity index (χ0) is 12.9. The first-order chi connectivity index (χ1) is 7.98. The van der Waals surface area contributed by atoms with Crippen molar-refractivity contribution in [3.05, 3.63) is 0 Å². The van der Waals surface area contributed by atoms with Crippen LogP contribution in [-0.4, -0.2) is 75.5 Å². The van der Waals surface area contributed by atoms with Gasteiger partial charge in [0.25, 0.3) is 10.2 Å². The molecule has 1 heterocycles. The molecule has 1 saturated heterocycles. The third kappa shape index (κ3) is 4.46. The third-order valence-corrected chi connectivity index (χ3v) is 5.00. The molecule has 0 saturated carbocycles. The lowest BCUT2D eigenvalue weighted by Crippen LogP contribution is -2.48. The number of morpholine rings is 1. The molecule has 0 spiro atoms. The molecule has 0 aromatic heterocycles. The van der Waals surface area contributed by atoms with Gasteiger partial charge >= 0.3 is 0 Å². The van der Waals surface area contributed by atoms with Gasteiger partial charge in [-0.15, -0.1) is 0 Å². The van der Waals surface area contributed by atoms with Gasteiger partial charge in [0.1, 0.15) is 0 Å². The van der Waals surface area contributed by atoms with Crippen molar-refractivity contribution in [2.75, 3.05) is 53.6 Å². The molecule has 0 radical (unpaired) electrons. The largest absolute Gasteiger partial charge is 0.383 e. The van der Waals surface area contributed by atoms with Crippen LogP contribution in [-0.2, 0) is 19.7 Å². The lowest BCUT2D eigenvalue weighted by molar-refractivity contribution is 0.0705. The Labute approximate surface area is 111 Å². The van der Waals surface area contributed by atoms with Crippen molar-refractivity contribution in [3.63, 3.8) is 0 Å². The molecule has 1 aliphatic heterocycles. The van der Waals surface area contributed by atoms with Crippen LogP contribution in [0.15, 0.2) is 0 Å². The maximum Gasteiger partial charge on any atom is 0.281 e. The summed E-state index contributed by atoms with van der Waals surface area (Å²) in [5.41, 5.74) is 0. The summed E-state index contributed by atoms with van der Waals surface area (Å²) in [6.07, 6.45) is 0. The van der Waals surface area contributed by atoms with Crippen molar-refractivity contribution in [1.82, 2.24) is 8.61 Å². The second-order valence-electron chi connectivity index (χ2n) is 3.85. The Balaban J connectivity index is 2.56. The van der Waals surface area contributed by atoms with Crippen molar-refractivity contribution in [1.29, 1.82) is 0 Å². The number of alkyl halides is 1. The maximum atomic E-state index is 12.2. The lowest BCUT2D eigenvalue weighted by atomic mass is 10.4. The van der Waals surface area contributed by atoms with Crippen LogP contribution in [0.1, 0.15) is 0 Å². The summed E-state index contributed by atoms with van der Waals surface area (Å²) in [4.78, 5) is -0.00619. The molecule has 1 atom stereocenters. The Kier molecular flexibility index (Phi) is 6.32.